The number of halogens is 3. The molecule has 11 heteroatoms. The molecular weight excluding hydrogens is 507 g/mol. The number of pyridine rings is 1. The van der Waals surface area contributed by atoms with Gasteiger partial charge in [0.2, 0.25) is 5.88 Å². The number of nitrogens with zero attached hydrogens (tertiary/aromatic N) is 7. The monoisotopic (exact) mass is 531 g/mol. The molecule has 0 bridgehead atoms. The maximum Gasteiger partial charge on any atom is 0.434 e. The molecule has 1 aromatic carbocycles. The van der Waals surface area contributed by atoms with Gasteiger partial charge in [-0.25, -0.2) is 24.5 Å². The Hall–Kier alpha value is -4.28. The Kier molecular flexibility index (Phi) is 5.43. The van der Waals surface area contributed by atoms with Crippen LogP contribution >= 0.6 is 0 Å². The SMILES string of the molecule is COc1ncnc(C2CC2)c1-c1nc2cccc(Cc3ccc(-c4nc(C(F)(F)F)cn4C4CC4)cc3)n2n1. The van der Waals surface area contributed by atoms with Gasteiger partial charge in [-0.15, -0.1) is 5.10 Å². The second-order valence-electron chi connectivity index (χ2n) is 10.1. The van der Waals surface area contributed by atoms with Crippen LogP contribution < -0.4 is 4.74 Å². The van der Waals surface area contributed by atoms with Gasteiger partial charge in [0.1, 0.15) is 17.7 Å². The zero-order valence-electron chi connectivity index (χ0n) is 21.1. The molecule has 8 nitrogen and oxygen atoms in total. The van der Waals surface area contributed by atoms with Crippen molar-refractivity contribution in [2.75, 3.05) is 7.11 Å². The summed E-state index contributed by atoms with van der Waals surface area (Å²) in [5.41, 5.74) is 4.04. The Morgan fingerprint density at radius 2 is 1.77 bits per heavy atom. The van der Waals surface area contributed by atoms with E-state index in [0.717, 1.165) is 54.4 Å². The first-order valence-electron chi connectivity index (χ1n) is 12.9. The summed E-state index contributed by atoms with van der Waals surface area (Å²) in [6.07, 6.45) is 2.60. The molecular formula is C28H24F3N7O. The van der Waals surface area contributed by atoms with Crippen LogP contribution in [0, 0.1) is 0 Å². The van der Waals surface area contributed by atoms with Crippen LogP contribution in [0.1, 0.15) is 60.3 Å². The van der Waals surface area contributed by atoms with Crippen molar-refractivity contribution in [1.82, 2.24) is 34.1 Å². The summed E-state index contributed by atoms with van der Waals surface area (Å²) in [5.74, 6) is 1.69. The number of rotatable bonds is 7. The maximum absolute atomic E-state index is 13.3. The van der Waals surface area contributed by atoms with Crippen molar-refractivity contribution in [1.29, 1.82) is 0 Å². The van der Waals surface area contributed by atoms with Crippen molar-refractivity contribution in [3.8, 4) is 28.7 Å². The van der Waals surface area contributed by atoms with Crippen LogP contribution in [-0.2, 0) is 12.6 Å². The van der Waals surface area contributed by atoms with Crippen LogP contribution in [0.5, 0.6) is 5.88 Å². The topological polar surface area (TPSA) is 83.0 Å². The van der Waals surface area contributed by atoms with Crippen molar-refractivity contribution >= 4 is 5.65 Å². The van der Waals surface area contributed by atoms with E-state index < -0.39 is 11.9 Å². The lowest BCUT2D eigenvalue weighted by Crippen LogP contribution is -2.05. The quantitative estimate of drug-likeness (QED) is 0.261. The highest BCUT2D eigenvalue weighted by atomic mass is 19.4. The maximum atomic E-state index is 13.3. The highest BCUT2D eigenvalue weighted by Crippen LogP contribution is 2.45. The average molecular weight is 532 g/mol. The standard InChI is InChI=1S/C28H24F3N7O/c1-39-27-23(24(17-9-10-17)32-15-33-27)25-35-22-4-2-3-20(38(22)36-25)13-16-5-7-18(8-6-16)26-34-21(28(29,30)31)14-37(26)19-11-12-19/h2-8,14-15,17,19H,9-13H2,1H3. The number of alkyl halides is 3. The van der Waals surface area contributed by atoms with Crippen LogP contribution in [0.4, 0.5) is 13.2 Å². The highest BCUT2D eigenvalue weighted by molar-refractivity contribution is 5.67. The van der Waals surface area contributed by atoms with Gasteiger partial charge in [-0.2, -0.15) is 13.2 Å². The minimum atomic E-state index is -4.47. The summed E-state index contributed by atoms with van der Waals surface area (Å²) in [4.78, 5) is 17.5. The molecule has 198 valence electrons. The summed E-state index contributed by atoms with van der Waals surface area (Å²) in [6, 6.07) is 13.4. The molecule has 2 saturated carbocycles. The van der Waals surface area contributed by atoms with Gasteiger partial charge in [0, 0.05) is 35.8 Å². The minimum absolute atomic E-state index is 0.0801. The first-order chi connectivity index (χ1) is 18.9. The first-order valence-corrected chi connectivity index (χ1v) is 12.9. The molecule has 7 rings (SSSR count). The number of aromatic nitrogens is 7. The molecule has 4 aromatic heterocycles. The summed E-state index contributed by atoms with van der Waals surface area (Å²) in [5, 5.41) is 4.81. The van der Waals surface area contributed by atoms with E-state index in [1.807, 2.05) is 47.0 Å². The van der Waals surface area contributed by atoms with E-state index in [1.165, 1.54) is 6.33 Å². The molecule has 0 unspecified atom stereocenters. The fourth-order valence-electron chi connectivity index (χ4n) is 4.97. The van der Waals surface area contributed by atoms with Gasteiger partial charge in [0.15, 0.2) is 17.2 Å². The van der Waals surface area contributed by atoms with E-state index in [1.54, 1.807) is 11.7 Å². The highest BCUT2D eigenvalue weighted by Gasteiger charge is 2.37. The van der Waals surface area contributed by atoms with E-state index in [2.05, 4.69) is 15.0 Å². The lowest BCUT2D eigenvalue weighted by molar-refractivity contribution is -0.140. The smallest absolute Gasteiger partial charge is 0.434 e. The van der Waals surface area contributed by atoms with Gasteiger partial charge < -0.3 is 9.30 Å². The number of hydrogen-bond acceptors (Lipinski definition) is 6. The van der Waals surface area contributed by atoms with E-state index in [0.29, 0.717) is 41.1 Å². The molecule has 0 aliphatic heterocycles. The minimum Gasteiger partial charge on any atom is -0.480 e. The van der Waals surface area contributed by atoms with Crippen molar-refractivity contribution in [2.24, 2.45) is 0 Å². The average Bonchev–Trinajstić information content (AvgIpc) is 3.87. The van der Waals surface area contributed by atoms with Gasteiger partial charge in [0.05, 0.1) is 12.8 Å². The summed E-state index contributed by atoms with van der Waals surface area (Å²) in [6.45, 7) is 0. The summed E-state index contributed by atoms with van der Waals surface area (Å²) >= 11 is 0. The third-order valence-corrected chi connectivity index (χ3v) is 7.22. The molecule has 2 fully saturated rings. The fourth-order valence-corrected chi connectivity index (χ4v) is 4.97. The number of imidazole rings is 1. The van der Waals surface area contributed by atoms with Crippen LogP contribution in [0.2, 0.25) is 0 Å². The van der Waals surface area contributed by atoms with Crippen LogP contribution in [0.25, 0.3) is 28.4 Å². The Balaban J connectivity index is 1.20. The Labute approximate surface area is 221 Å². The molecule has 39 heavy (non-hydrogen) atoms. The van der Waals surface area contributed by atoms with E-state index >= 15 is 0 Å². The lowest BCUT2D eigenvalue weighted by Gasteiger charge is -2.08. The molecule has 2 aliphatic carbocycles. The Morgan fingerprint density at radius 1 is 0.974 bits per heavy atom. The van der Waals surface area contributed by atoms with Crippen molar-refractivity contribution in [2.45, 2.75) is 50.2 Å². The van der Waals surface area contributed by atoms with Gasteiger partial charge >= 0.3 is 6.18 Å². The number of ether oxygens (including phenoxy) is 1. The van der Waals surface area contributed by atoms with Crippen LogP contribution in [0.3, 0.4) is 0 Å². The number of methoxy groups -OCH3 is 1. The first kappa shape index (κ1) is 23.8. The summed E-state index contributed by atoms with van der Waals surface area (Å²) < 4.78 is 49.0. The lowest BCUT2D eigenvalue weighted by atomic mass is 10.1. The zero-order chi connectivity index (χ0) is 26.7. The number of fused-ring (bicyclic) bond motifs is 1. The van der Waals surface area contributed by atoms with Crippen molar-refractivity contribution in [3.63, 3.8) is 0 Å². The summed E-state index contributed by atoms with van der Waals surface area (Å²) in [7, 11) is 1.58. The third kappa shape index (κ3) is 4.41. The molecule has 4 heterocycles. The largest absolute Gasteiger partial charge is 0.480 e. The number of hydrogen-bond donors (Lipinski definition) is 0. The van der Waals surface area contributed by atoms with Gasteiger partial charge in [-0.1, -0.05) is 30.3 Å². The second kappa shape index (κ2) is 8.89. The van der Waals surface area contributed by atoms with Gasteiger partial charge in [0.25, 0.3) is 0 Å². The van der Waals surface area contributed by atoms with Gasteiger partial charge in [-0.05, 0) is 43.4 Å². The normalized spacial score (nSPS) is 15.7. The Morgan fingerprint density at radius 3 is 2.46 bits per heavy atom. The molecule has 0 saturated heterocycles. The predicted molar refractivity (Wildman–Crippen MR) is 136 cm³/mol. The zero-order valence-corrected chi connectivity index (χ0v) is 21.1. The van der Waals surface area contributed by atoms with Crippen LogP contribution in [0.15, 0.2) is 55.0 Å². The predicted octanol–water partition coefficient (Wildman–Crippen LogP) is 5.88. The second-order valence-corrected chi connectivity index (χ2v) is 10.1. The number of benzene rings is 1. The van der Waals surface area contributed by atoms with E-state index in [-0.39, 0.29) is 6.04 Å². The molecule has 2 aliphatic rings. The van der Waals surface area contributed by atoms with E-state index in [4.69, 9.17) is 14.8 Å². The molecule has 0 atom stereocenters. The molecule has 0 spiro atoms. The van der Waals surface area contributed by atoms with E-state index in [9.17, 15) is 13.2 Å². The Bertz CT molecular complexity index is 1680. The van der Waals surface area contributed by atoms with Gasteiger partial charge in [-0.3, -0.25) is 0 Å². The van der Waals surface area contributed by atoms with Crippen molar-refractivity contribution < 1.29 is 17.9 Å². The molecule has 5 aromatic rings. The van der Waals surface area contributed by atoms with Crippen molar-refractivity contribution in [3.05, 3.63) is 77.6 Å². The third-order valence-electron chi connectivity index (χ3n) is 7.22. The fraction of sp³-hybridized carbons (Fsp3) is 0.321. The van der Waals surface area contributed by atoms with Crippen LogP contribution in [-0.4, -0.2) is 41.2 Å². The molecule has 0 N–H and O–H groups in total. The molecule has 0 amide bonds. The molecule has 0 radical (unpaired) electrons.